The zero-order chi connectivity index (χ0) is 10.7. The van der Waals surface area contributed by atoms with Gasteiger partial charge in [0.15, 0.2) is 0 Å². The number of aromatic amines is 1. The van der Waals surface area contributed by atoms with Crippen LogP contribution in [0.2, 0.25) is 0 Å². The van der Waals surface area contributed by atoms with Crippen LogP contribution in [0, 0.1) is 0 Å². The molecular weight excluding hydrogens is 196 g/mol. The Morgan fingerprint density at radius 2 is 2.33 bits per heavy atom. The lowest BCUT2D eigenvalue weighted by atomic mass is 10.3. The summed E-state index contributed by atoms with van der Waals surface area (Å²) in [5.41, 5.74) is 0.497. The number of hydrogen-bond acceptors (Lipinski definition) is 4. The Morgan fingerprint density at radius 3 is 3.00 bits per heavy atom. The number of H-pyrrole nitrogens is 1. The highest BCUT2D eigenvalue weighted by molar-refractivity contribution is 6.01. The minimum atomic E-state index is -0.405. The number of phenolic OH excluding ortho intramolecular Hbond substituents is 1. The third-order valence-electron chi connectivity index (χ3n) is 1.73. The molecule has 6 heteroatoms. The van der Waals surface area contributed by atoms with Gasteiger partial charge in [-0.2, -0.15) is 5.10 Å². The van der Waals surface area contributed by atoms with Gasteiger partial charge in [-0.15, -0.1) is 0 Å². The van der Waals surface area contributed by atoms with Crippen molar-refractivity contribution in [2.24, 2.45) is 0 Å². The summed E-state index contributed by atoms with van der Waals surface area (Å²) in [4.78, 5) is 15.2. The quantitative estimate of drug-likeness (QED) is 0.673. The minimum absolute atomic E-state index is 0.0883. The average molecular weight is 204 g/mol. The van der Waals surface area contributed by atoms with E-state index in [1.165, 1.54) is 18.5 Å². The maximum Gasteiger partial charge on any atom is 0.292 e. The van der Waals surface area contributed by atoms with Crippen molar-refractivity contribution in [1.82, 2.24) is 15.2 Å². The molecule has 0 spiro atoms. The van der Waals surface area contributed by atoms with Crippen LogP contribution in [0.3, 0.4) is 0 Å². The number of hydrogen-bond donors (Lipinski definition) is 3. The lowest BCUT2D eigenvalue weighted by Crippen LogP contribution is -2.13. The number of anilines is 1. The van der Waals surface area contributed by atoms with Crippen molar-refractivity contribution in [3.8, 4) is 5.75 Å². The molecule has 2 rings (SSSR count). The number of carbonyl (C=O) groups is 1. The summed E-state index contributed by atoms with van der Waals surface area (Å²) in [6.07, 6.45) is 1.25. The van der Waals surface area contributed by atoms with Gasteiger partial charge in [-0.25, -0.2) is 4.98 Å². The summed E-state index contributed by atoms with van der Waals surface area (Å²) >= 11 is 0. The van der Waals surface area contributed by atoms with Gasteiger partial charge >= 0.3 is 0 Å². The van der Waals surface area contributed by atoms with Gasteiger partial charge < -0.3 is 10.4 Å². The van der Waals surface area contributed by atoms with E-state index in [0.29, 0.717) is 5.69 Å². The first kappa shape index (κ1) is 9.20. The van der Waals surface area contributed by atoms with E-state index in [1.54, 1.807) is 12.1 Å². The molecule has 1 amide bonds. The summed E-state index contributed by atoms with van der Waals surface area (Å²) in [5, 5.41) is 17.7. The number of rotatable bonds is 2. The average Bonchev–Trinajstić information content (AvgIpc) is 2.70. The predicted molar refractivity (Wildman–Crippen MR) is 52.4 cm³/mol. The molecule has 1 heterocycles. The van der Waals surface area contributed by atoms with Crippen molar-refractivity contribution in [2.45, 2.75) is 0 Å². The molecule has 76 valence electrons. The minimum Gasteiger partial charge on any atom is -0.508 e. The Hall–Kier alpha value is -2.37. The molecule has 15 heavy (non-hydrogen) atoms. The van der Waals surface area contributed by atoms with E-state index in [4.69, 9.17) is 5.11 Å². The summed E-state index contributed by atoms with van der Waals surface area (Å²) in [5.74, 6) is -0.193. The number of amides is 1. The summed E-state index contributed by atoms with van der Waals surface area (Å²) in [7, 11) is 0. The van der Waals surface area contributed by atoms with Crippen LogP contribution in [-0.2, 0) is 0 Å². The molecule has 0 atom stereocenters. The maximum absolute atomic E-state index is 11.5. The number of nitrogens with one attached hydrogen (secondary N) is 2. The molecule has 0 radical (unpaired) electrons. The topological polar surface area (TPSA) is 90.9 Å². The maximum atomic E-state index is 11.5. The molecule has 1 aromatic carbocycles. The zero-order valence-electron chi connectivity index (χ0n) is 7.64. The Bertz CT molecular complexity index is 467. The van der Waals surface area contributed by atoms with E-state index in [9.17, 15) is 4.79 Å². The third kappa shape index (κ3) is 2.11. The lowest BCUT2D eigenvalue weighted by molar-refractivity contribution is 0.101. The molecule has 0 bridgehead atoms. The highest BCUT2D eigenvalue weighted by Crippen LogP contribution is 2.15. The smallest absolute Gasteiger partial charge is 0.292 e. The van der Waals surface area contributed by atoms with Gasteiger partial charge in [0.1, 0.15) is 12.1 Å². The van der Waals surface area contributed by atoms with Gasteiger partial charge in [0, 0.05) is 11.8 Å². The summed E-state index contributed by atoms with van der Waals surface area (Å²) in [6.45, 7) is 0. The van der Waals surface area contributed by atoms with Gasteiger partial charge in [-0.1, -0.05) is 6.07 Å². The van der Waals surface area contributed by atoms with Crippen LogP contribution in [0.25, 0.3) is 0 Å². The lowest BCUT2D eigenvalue weighted by Gasteiger charge is -2.02. The van der Waals surface area contributed by atoms with E-state index < -0.39 is 5.91 Å². The highest BCUT2D eigenvalue weighted by atomic mass is 16.3. The molecule has 0 aliphatic rings. The summed E-state index contributed by atoms with van der Waals surface area (Å²) in [6, 6.07) is 6.25. The second-order valence-electron chi connectivity index (χ2n) is 2.84. The van der Waals surface area contributed by atoms with Crippen LogP contribution in [-0.4, -0.2) is 26.2 Å². The van der Waals surface area contributed by atoms with Crippen LogP contribution >= 0.6 is 0 Å². The Kier molecular flexibility index (Phi) is 2.32. The van der Waals surface area contributed by atoms with Crippen molar-refractivity contribution in [2.75, 3.05) is 5.32 Å². The van der Waals surface area contributed by atoms with E-state index in [2.05, 4.69) is 20.5 Å². The molecule has 3 N–H and O–H groups in total. The molecule has 0 saturated heterocycles. The fourth-order valence-electron chi connectivity index (χ4n) is 1.09. The van der Waals surface area contributed by atoms with Gasteiger partial charge in [0.05, 0.1) is 0 Å². The SMILES string of the molecule is O=C(Nc1cccc(O)c1)c1ncn[nH]1. The normalized spacial score (nSPS) is 9.87. The van der Waals surface area contributed by atoms with Crippen molar-refractivity contribution < 1.29 is 9.90 Å². The van der Waals surface area contributed by atoms with Crippen LogP contribution in [0.5, 0.6) is 5.75 Å². The van der Waals surface area contributed by atoms with Gasteiger partial charge in [0.25, 0.3) is 5.91 Å². The molecule has 0 aliphatic carbocycles. The molecular formula is C9H8N4O2. The first-order chi connectivity index (χ1) is 7.25. The number of nitrogens with zero attached hydrogens (tertiary/aromatic N) is 2. The zero-order valence-corrected chi connectivity index (χ0v) is 7.64. The number of carbonyl (C=O) groups excluding carboxylic acids is 1. The second-order valence-corrected chi connectivity index (χ2v) is 2.84. The Morgan fingerprint density at radius 1 is 1.47 bits per heavy atom. The van der Waals surface area contributed by atoms with Crippen molar-refractivity contribution in [1.29, 1.82) is 0 Å². The van der Waals surface area contributed by atoms with Gasteiger partial charge in [0.2, 0.25) is 5.82 Å². The fraction of sp³-hybridized carbons (Fsp3) is 0. The molecule has 0 fully saturated rings. The number of benzene rings is 1. The molecule has 0 unspecified atom stereocenters. The Balaban J connectivity index is 2.13. The standard InChI is InChI=1S/C9H8N4O2/c14-7-3-1-2-6(4-7)12-9(15)8-10-5-11-13-8/h1-5,14H,(H,12,15)(H,10,11,13). The van der Waals surface area contributed by atoms with Crippen molar-refractivity contribution in [3.05, 3.63) is 36.4 Å². The van der Waals surface area contributed by atoms with Crippen molar-refractivity contribution in [3.63, 3.8) is 0 Å². The fourth-order valence-corrected chi connectivity index (χ4v) is 1.09. The van der Waals surface area contributed by atoms with E-state index in [0.717, 1.165) is 0 Å². The molecule has 0 saturated carbocycles. The monoisotopic (exact) mass is 204 g/mol. The molecule has 2 aromatic rings. The molecule has 0 aliphatic heterocycles. The van der Waals surface area contributed by atoms with Crippen molar-refractivity contribution >= 4 is 11.6 Å². The highest BCUT2D eigenvalue weighted by Gasteiger charge is 2.08. The number of aromatic nitrogens is 3. The van der Waals surface area contributed by atoms with Crippen LogP contribution in [0.15, 0.2) is 30.6 Å². The third-order valence-corrected chi connectivity index (χ3v) is 1.73. The van der Waals surface area contributed by atoms with Crippen LogP contribution < -0.4 is 5.32 Å². The largest absolute Gasteiger partial charge is 0.508 e. The summed E-state index contributed by atoms with van der Waals surface area (Å²) < 4.78 is 0. The first-order valence-electron chi connectivity index (χ1n) is 4.21. The van der Waals surface area contributed by atoms with E-state index in [-0.39, 0.29) is 11.6 Å². The van der Waals surface area contributed by atoms with Crippen LogP contribution in [0.1, 0.15) is 10.6 Å². The van der Waals surface area contributed by atoms with E-state index >= 15 is 0 Å². The van der Waals surface area contributed by atoms with Gasteiger partial charge in [-0.3, -0.25) is 9.89 Å². The molecule has 6 nitrogen and oxygen atoms in total. The van der Waals surface area contributed by atoms with E-state index in [1.807, 2.05) is 0 Å². The number of aromatic hydroxyl groups is 1. The second kappa shape index (κ2) is 3.79. The number of phenols is 1. The van der Waals surface area contributed by atoms with Crippen LogP contribution in [0.4, 0.5) is 5.69 Å². The van der Waals surface area contributed by atoms with Gasteiger partial charge in [-0.05, 0) is 12.1 Å². The molecule has 1 aromatic heterocycles. The predicted octanol–water partition coefficient (Wildman–Crippen LogP) is 0.763. The first-order valence-corrected chi connectivity index (χ1v) is 4.21. The Labute approximate surface area is 85.0 Å².